The highest BCUT2D eigenvalue weighted by Gasteiger charge is 2.37. The topological polar surface area (TPSA) is 142 Å². The fourth-order valence-corrected chi connectivity index (χ4v) is 6.31. The van der Waals surface area contributed by atoms with Crippen LogP contribution in [0.3, 0.4) is 0 Å². The quantitative estimate of drug-likeness (QED) is 0.0314. The van der Waals surface area contributed by atoms with Crippen LogP contribution in [0, 0.1) is 0 Å². The van der Waals surface area contributed by atoms with Gasteiger partial charge in [0.25, 0.3) is 5.24 Å². The third-order valence-electron chi connectivity index (χ3n) is 7.50. The smallest absolute Gasteiger partial charge is 0.355 e. The Morgan fingerprint density at radius 2 is 1.26 bits per heavy atom. The minimum Gasteiger partial charge on any atom is -0.457 e. The molecule has 0 saturated carbocycles. The second kappa shape index (κ2) is 16.7. The zero-order valence-corrected chi connectivity index (χ0v) is 31.1. The highest BCUT2D eigenvalue weighted by atomic mass is 35.5. The van der Waals surface area contributed by atoms with E-state index in [0.717, 1.165) is 23.6 Å². The lowest BCUT2D eigenvalue weighted by molar-refractivity contribution is -0.169. The van der Waals surface area contributed by atoms with Gasteiger partial charge in [-0.15, -0.1) is 11.3 Å². The molecule has 4 aromatic carbocycles. The molecule has 0 aliphatic rings. The summed E-state index contributed by atoms with van der Waals surface area (Å²) in [5.41, 5.74) is 0.768. The first kappa shape index (κ1) is 38.4. The Morgan fingerprint density at radius 1 is 0.755 bits per heavy atom. The molecule has 0 spiro atoms. The Morgan fingerprint density at radius 3 is 1.74 bits per heavy atom. The van der Waals surface area contributed by atoms with Gasteiger partial charge in [-0.1, -0.05) is 102 Å². The number of rotatable bonds is 13. The van der Waals surface area contributed by atoms with Crippen molar-refractivity contribution in [1.82, 2.24) is 4.98 Å². The molecule has 1 unspecified atom stereocenters. The molecular weight excluding hydrogens is 718 g/mol. The molecule has 5 aromatic rings. The molecule has 13 heteroatoms. The second-order valence-electron chi connectivity index (χ2n) is 12.6. The van der Waals surface area contributed by atoms with Crippen LogP contribution in [-0.2, 0) is 34.3 Å². The standard InChI is InChI=1S/C40H36ClN3O8S/c1-25(45)49-32-22-21-27(23-33(32)50-26(2)46)35(37(48)51-39(3,4)5)52-44-34(36(41)47)31-24-53-38(42-31)43-40(28-15-9-6-10-16-28,29-17-11-7-12-18-29)30-19-13-8-14-20-30/h6-24,35H,1-5H3,(H,42,43). The molecule has 0 fully saturated rings. The number of oxime groups is 1. The maximum Gasteiger partial charge on any atom is 0.355 e. The Labute approximate surface area is 315 Å². The van der Waals surface area contributed by atoms with Crippen molar-refractivity contribution in [2.24, 2.45) is 5.16 Å². The van der Waals surface area contributed by atoms with Gasteiger partial charge in [-0.05, 0) is 61.2 Å². The third-order valence-corrected chi connectivity index (χ3v) is 8.43. The molecule has 53 heavy (non-hydrogen) atoms. The molecule has 0 bridgehead atoms. The summed E-state index contributed by atoms with van der Waals surface area (Å²) < 4.78 is 16.0. The summed E-state index contributed by atoms with van der Waals surface area (Å²) in [6.45, 7) is 7.34. The van der Waals surface area contributed by atoms with Crippen LogP contribution in [0.4, 0.5) is 5.13 Å². The zero-order valence-electron chi connectivity index (χ0n) is 29.5. The van der Waals surface area contributed by atoms with Crippen LogP contribution in [0.25, 0.3) is 0 Å². The zero-order chi connectivity index (χ0) is 38.2. The second-order valence-corrected chi connectivity index (χ2v) is 13.8. The predicted octanol–water partition coefficient (Wildman–Crippen LogP) is 7.97. The maximum atomic E-state index is 13.5. The number of hydrogen-bond acceptors (Lipinski definition) is 12. The number of halogens is 1. The lowest BCUT2D eigenvalue weighted by Gasteiger charge is -2.36. The number of nitrogens with zero attached hydrogens (tertiary/aromatic N) is 2. The van der Waals surface area contributed by atoms with Crippen LogP contribution in [0.15, 0.2) is 120 Å². The van der Waals surface area contributed by atoms with Gasteiger partial charge in [-0.25, -0.2) is 9.78 Å². The van der Waals surface area contributed by atoms with Crippen LogP contribution in [-0.4, -0.2) is 39.4 Å². The van der Waals surface area contributed by atoms with E-state index in [1.807, 2.05) is 91.0 Å². The number of carbonyl (C=O) groups excluding carboxylic acids is 4. The molecule has 1 atom stereocenters. The van der Waals surface area contributed by atoms with Crippen molar-refractivity contribution in [3.8, 4) is 11.5 Å². The Kier molecular flexibility index (Phi) is 12.1. The van der Waals surface area contributed by atoms with Gasteiger partial charge in [0.1, 0.15) is 16.8 Å². The minimum atomic E-state index is -1.58. The summed E-state index contributed by atoms with van der Waals surface area (Å²) in [5, 5.41) is 8.68. The van der Waals surface area contributed by atoms with Crippen LogP contribution in [0.1, 0.15) is 68.7 Å². The van der Waals surface area contributed by atoms with Crippen molar-refractivity contribution >= 4 is 56.9 Å². The molecule has 1 N–H and O–H groups in total. The molecule has 1 heterocycles. The highest BCUT2D eigenvalue weighted by molar-refractivity contribution is 7.14. The van der Waals surface area contributed by atoms with E-state index in [1.165, 1.54) is 36.5 Å². The number of aromatic nitrogens is 1. The molecule has 0 aliphatic carbocycles. The number of hydrogen-bond donors (Lipinski definition) is 1. The van der Waals surface area contributed by atoms with E-state index in [-0.39, 0.29) is 28.5 Å². The first-order valence-electron chi connectivity index (χ1n) is 16.3. The fourth-order valence-electron chi connectivity index (χ4n) is 5.43. The van der Waals surface area contributed by atoms with E-state index < -0.39 is 40.4 Å². The lowest BCUT2D eigenvalue weighted by atomic mass is 9.77. The number of esters is 3. The van der Waals surface area contributed by atoms with Crippen LogP contribution in [0.5, 0.6) is 11.5 Å². The summed E-state index contributed by atoms with van der Waals surface area (Å²) in [5.74, 6) is -2.47. The van der Waals surface area contributed by atoms with Gasteiger partial charge in [0.2, 0.25) is 6.10 Å². The van der Waals surface area contributed by atoms with E-state index in [9.17, 15) is 19.2 Å². The van der Waals surface area contributed by atoms with Gasteiger partial charge in [0, 0.05) is 24.8 Å². The van der Waals surface area contributed by atoms with Crippen LogP contribution in [0.2, 0.25) is 0 Å². The Bertz CT molecular complexity index is 2020. The van der Waals surface area contributed by atoms with E-state index in [4.69, 9.17) is 35.6 Å². The van der Waals surface area contributed by atoms with Gasteiger partial charge in [0.15, 0.2) is 22.3 Å². The van der Waals surface area contributed by atoms with E-state index >= 15 is 0 Å². The normalized spacial score (nSPS) is 12.3. The van der Waals surface area contributed by atoms with Crippen molar-refractivity contribution in [2.45, 2.75) is 51.9 Å². The molecule has 1 aromatic heterocycles. The predicted molar refractivity (Wildman–Crippen MR) is 201 cm³/mol. The van der Waals surface area contributed by atoms with E-state index in [2.05, 4.69) is 10.5 Å². The summed E-state index contributed by atoms with van der Waals surface area (Å²) in [6.07, 6.45) is -1.58. The molecule has 272 valence electrons. The molecule has 11 nitrogen and oxygen atoms in total. The summed E-state index contributed by atoms with van der Waals surface area (Å²) in [6, 6.07) is 33.7. The van der Waals surface area contributed by atoms with Crippen molar-refractivity contribution < 1.29 is 38.2 Å². The van der Waals surface area contributed by atoms with Gasteiger partial charge in [-0.3, -0.25) is 14.4 Å². The lowest BCUT2D eigenvalue weighted by Crippen LogP contribution is -2.38. The fraction of sp³-hybridized carbons (Fsp3) is 0.200. The Hall–Kier alpha value is -5.85. The SMILES string of the molecule is CC(=O)Oc1ccc(C(ON=C(C(=O)Cl)c2csc(NC(c3ccccc3)(c3ccccc3)c3ccccc3)n2)C(=O)OC(C)(C)C)cc1OC(C)=O. The highest BCUT2D eigenvalue weighted by Crippen LogP contribution is 2.41. The molecular formula is C40H36ClN3O8S. The number of nitrogens with one attached hydrogen (secondary N) is 1. The average molecular weight is 754 g/mol. The molecule has 0 radical (unpaired) electrons. The molecule has 0 amide bonds. The molecule has 5 rings (SSSR count). The largest absolute Gasteiger partial charge is 0.457 e. The van der Waals surface area contributed by atoms with Gasteiger partial charge in [0.05, 0.1) is 0 Å². The first-order valence-corrected chi connectivity index (χ1v) is 17.6. The first-order chi connectivity index (χ1) is 25.3. The number of thiazole rings is 1. The Balaban J connectivity index is 1.55. The minimum absolute atomic E-state index is 0.0698. The monoisotopic (exact) mass is 753 g/mol. The summed E-state index contributed by atoms with van der Waals surface area (Å²) in [7, 11) is 0. The van der Waals surface area contributed by atoms with E-state index in [1.54, 1.807) is 26.2 Å². The maximum absolute atomic E-state index is 13.5. The average Bonchev–Trinajstić information content (AvgIpc) is 3.57. The van der Waals surface area contributed by atoms with E-state index in [0.29, 0.717) is 5.13 Å². The van der Waals surface area contributed by atoms with Crippen molar-refractivity contribution in [3.63, 3.8) is 0 Å². The van der Waals surface area contributed by atoms with Crippen molar-refractivity contribution in [2.75, 3.05) is 5.32 Å². The number of carbonyl (C=O) groups is 4. The molecule has 0 aliphatic heterocycles. The number of benzene rings is 4. The number of anilines is 1. The van der Waals surface area contributed by atoms with Crippen molar-refractivity contribution in [1.29, 1.82) is 0 Å². The van der Waals surface area contributed by atoms with Crippen LogP contribution >= 0.6 is 22.9 Å². The van der Waals surface area contributed by atoms with Crippen LogP contribution < -0.4 is 14.8 Å². The third kappa shape index (κ3) is 9.53. The summed E-state index contributed by atoms with van der Waals surface area (Å²) >= 11 is 7.26. The van der Waals surface area contributed by atoms with Gasteiger partial charge >= 0.3 is 17.9 Å². The molecule has 0 saturated heterocycles. The summed E-state index contributed by atoms with van der Waals surface area (Å²) in [4.78, 5) is 60.3. The van der Waals surface area contributed by atoms with Gasteiger partial charge in [-0.2, -0.15) is 0 Å². The van der Waals surface area contributed by atoms with Gasteiger partial charge < -0.3 is 24.4 Å². The number of ether oxygens (including phenoxy) is 3. The van der Waals surface area contributed by atoms with Crippen molar-refractivity contribution in [3.05, 3.63) is 143 Å².